The molecule has 2 rings (SSSR count). The minimum absolute atomic E-state index is 0.0734. The maximum absolute atomic E-state index is 12.6. The summed E-state index contributed by atoms with van der Waals surface area (Å²) in [4.78, 5) is 14.9. The molecule has 0 fully saturated rings. The van der Waals surface area contributed by atoms with Crippen molar-refractivity contribution in [2.75, 3.05) is 33.4 Å². The van der Waals surface area contributed by atoms with Crippen LogP contribution < -0.4 is 14.8 Å². The minimum atomic E-state index is -0.102. The average molecular weight is 383 g/mol. The van der Waals surface area contributed by atoms with Gasteiger partial charge < -0.3 is 14.8 Å². The Morgan fingerprint density at radius 3 is 2.46 bits per heavy atom. The van der Waals surface area contributed by atoms with Crippen LogP contribution in [0.2, 0.25) is 0 Å². The van der Waals surface area contributed by atoms with Crippen molar-refractivity contribution in [2.24, 2.45) is 0 Å². The summed E-state index contributed by atoms with van der Waals surface area (Å²) in [5.41, 5.74) is 1.73. The molecule has 0 bridgehead atoms. The maximum atomic E-state index is 12.6. The second kappa shape index (κ2) is 11.1. The predicted octanol–water partition coefficient (Wildman–Crippen LogP) is 4.07. The van der Waals surface area contributed by atoms with Crippen molar-refractivity contribution < 1.29 is 14.3 Å². The molecule has 5 heteroatoms. The molecule has 0 radical (unpaired) electrons. The van der Waals surface area contributed by atoms with E-state index in [1.165, 1.54) is 0 Å². The molecule has 2 aromatic rings. The molecular formula is C23H30N2O3. The number of ether oxygens (including phenoxy) is 2. The van der Waals surface area contributed by atoms with Gasteiger partial charge in [-0.15, -0.1) is 0 Å². The van der Waals surface area contributed by atoms with Gasteiger partial charge in [0.15, 0.2) is 0 Å². The zero-order valence-corrected chi connectivity index (χ0v) is 17.0. The van der Waals surface area contributed by atoms with Crippen molar-refractivity contribution in [1.29, 1.82) is 0 Å². The Bertz CT molecular complexity index is 755. The van der Waals surface area contributed by atoms with Crippen LogP contribution in [0.1, 0.15) is 35.8 Å². The highest BCUT2D eigenvalue weighted by Gasteiger charge is 2.19. The lowest BCUT2D eigenvalue weighted by Crippen LogP contribution is -2.38. The summed E-state index contributed by atoms with van der Waals surface area (Å²) in [7, 11) is 1.66. The van der Waals surface area contributed by atoms with Crippen LogP contribution in [-0.4, -0.2) is 44.2 Å². The lowest BCUT2D eigenvalue weighted by atomic mass is 10.0. The topological polar surface area (TPSA) is 50.8 Å². The molecule has 0 aliphatic carbocycles. The van der Waals surface area contributed by atoms with E-state index in [4.69, 9.17) is 9.47 Å². The summed E-state index contributed by atoms with van der Waals surface area (Å²) >= 11 is 0. The van der Waals surface area contributed by atoms with E-state index in [9.17, 15) is 4.79 Å². The van der Waals surface area contributed by atoms with E-state index in [2.05, 4.69) is 36.7 Å². The van der Waals surface area contributed by atoms with Crippen LogP contribution in [0.25, 0.3) is 0 Å². The number of likely N-dealkylation sites (N-methyl/N-ethyl adjacent to an activating group) is 1. The number of carbonyl (C=O) groups is 1. The number of methoxy groups -OCH3 is 1. The predicted molar refractivity (Wildman–Crippen MR) is 113 cm³/mol. The molecule has 0 aromatic heterocycles. The van der Waals surface area contributed by atoms with Gasteiger partial charge >= 0.3 is 0 Å². The Hall–Kier alpha value is -2.79. The highest BCUT2D eigenvalue weighted by atomic mass is 16.5. The second-order valence-corrected chi connectivity index (χ2v) is 6.35. The summed E-state index contributed by atoms with van der Waals surface area (Å²) in [6.45, 7) is 10.6. The third-order valence-corrected chi connectivity index (χ3v) is 4.67. The molecule has 0 heterocycles. The van der Waals surface area contributed by atoms with Gasteiger partial charge in [-0.2, -0.15) is 0 Å². The summed E-state index contributed by atoms with van der Waals surface area (Å²) in [5.74, 6) is 1.43. The molecule has 28 heavy (non-hydrogen) atoms. The number of hydrogen-bond donors (Lipinski definition) is 1. The van der Waals surface area contributed by atoms with Gasteiger partial charge in [0.05, 0.1) is 13.2 Å². The lowest BCUT2D eigenvalue weighted by molar-refractivity contribution is 0.0935. The molecule has 0 spiro atoms. The quantitative estimate of drug-likeness (QED) is 0.595. The molecule has 0 aliphatic rings. The van der Waals surface area contributed by atoms with E-state index in [-0.39, 0.29) is 11.9 Å². The zero-order chi connectivity index (χ0) is 20.4. The van der Waals surface area contributed by atoms with Crippen molar-refractivity contribution in [3.8, 4) is 11.5 Å². The Kier molecular flexibility index (Phi) is 8.56. The number of hydrogen-bond acceptors (Lipinski definition) is 4. The molecule has 2 aromatic carbocycles. The molecule has 0 saturated carbocycles. The van der Waals surface area contributed by atoms with E-state index in [0.717, 1.165) is 24.4 Å². The van der Waals surface area contributed by atoms with Crippen LogP contribution in [0.3, 0.4) is 0 Å². The molecular weight excluding hydrogens is 352 g/mol. The number of benzene rings is 2. The van der Waals surface area contributed by atoms with Gasteiger partial charge in [-0.25, -0.2) is 0 Å². The van der Waals surface area contributed by atoms with Gasteiger partial charge in [-0.3, -0.25) is 9.69 Å². The van der Waals surface area contributed by atoms with Crippen LogP contribution in [0, 0.1) is 0 Å². The average Bonchev–Trinajstić information content (AvgIpc) is 2.75. The minimum Gasteiger partial charge on any atom is -0.497 e. The molecule has 1 amide bonds. The van der Waals surface area contributed by atoms with Crippen LogP contribution in [0.15, 0.2) is 61.2 Å². The van der Waals surface area contributed by atoms with E-state index >= 15 is 0 Å². The fraction of sp³-hybridized carbons (Fsp3) is 0.348. The van der Waals surface area contributed by atoms with Crippen molar-refractivity contribution in [3.05, 3.63) is 72.3 Å². The Morgan fingerprint density at radius 1 is 1.14 bits per heavy atom. The SMILES string of the molecule is C=CCOc1ccc(C(=O)NCC(c2cccc(OC)c2)N(CC)CC)cc1. The number of carbonyl (C=O) groups excluding carboxylic acids is 1. The largest absolute Gasteiger partial charge is 0.497 e. The zero-order valence-electron chi connectivity index (χ0n) is 17.0. The first-order valence-electron chi connectivity index (χ1n) is 9.62. The van der Waals surface area contributed by atoms with Gasteiger partial charge in [-0.05, 0) is 55.1 Å². The first-order valence-corrected chi connectivity index (χ1v) is 9.62. The van der Waals surface area contributed by atoms with Gasteiger partial charge in [0.2, 0.25) is 0 Å². The number of rotatable bonds is 11. The van der Waals surface area contributed by atoms with Gasteiger partial charge in [-0.1, -0.05) is 38.6 Å². The molecule has 5 nitrogen and oxygen atoms in total. The van der Waals surface area contributed by atoms with Crippen LogP contribution in [0.4, 0.5) is 0 Å². The maximum Gasteiger partial charge on any atom is 0.251 e. The standard InChI is InChI=1S/C23H30N2O3/c1-5-15-28-20-13-11-18(12-14-20)23(26)24-17-22(25(6-2)7-3)19-9-8-10-21(16-19)27-4/h5,8-14,16,22H,1,6-7,15,17H2,2-4H3,(H,24,26). The molecule has 0 aliphatic heterocycles. The Morgan fingerprint density at radius 2 is 1.86 bits per heavy atom. The van der Waals surface area contributed by atoms with Crippen LogP contribution in [-0.2, 0) is 0 Å². The van der Waals surface area contributed by atoms with Crippen LogP contribution in [0.5, 0.6) is 11.5 Å². The van der Waals surface area contributed by atoms with E-state index in [0.29, 0.717) is 24.5 Å². The number of amides is 1. The highest BCUT2D eigenvalue weighted by molar-refractivity contribution is 5.94. The van der Waals surface area contributed by atoms with Gasteiger partial charge in [0.1, 0.15) is 18.1 Å². The summed E-state index contributed by atoms with van der Waals surface area (Å²) in [6.07, 6.45) is 1.69. The first-order chi connectivity index (χ1) is 13.6. The summed E-state index contributed by atoms with van der Waals surface area (Å²) in [6, 6.07) is 15.2. The Balaban J connectivity index is 2.09. The highest BCUT2D eigenvalue weighted by Crippen LogP contribution is 2.24. The molecule has 1 unspecified atom stereocenters. The summed E-state index contributed by atoms with van der Waals surface area (Å²) in [5, 5.41) is 3.07. The van der Waals surface area contributed by atoms with Crippen molar-refractivity contribution in [2.45, 2.75) is 19.9 Å². The van der Waals surface area contributed by atoms with Crippen molar-refractivity contribution in [3.63, 3.8) is 0 Å². The van der Waals surface area contributed by atoms with Gasteiger partial charge in [0, 0.05) is 12.1 Å². The molecule has 1 N–H and O–H groups in total. The second-order valence-electron chi connectivity index (χ2n) is 6.35. The molecule has 150 valence electrons. The first kappa shape index (κ1) is 21.5. The number of nitrogens with one attached hydrogen (secondary N) is 1. The van der Waals surface area contributed by atoms with Crippen LogP contribution >= 0.6 is 0 Å². The summed E-state index contributed by atoms with van der Waals surface area (Å²) < 4.78 is 10.8. The van der Waals surface area contributed by atoms with E-state index in [1.807, 2.05) is 18.2 Å². The van der Waals surface area contributed by atoms with Gasteiger partial charge in [0.25, 0.3) is 5.91 Å². The van der Waals surface area contributed by atoms with Crippen molar-refractivity contribution >= 4 is 5.91 Å². The fourth-order valence-corrected chi connectivity index (χ4v) is 3.12. The Labute approximate surface area is 168 Å². The number of nitrogens with zero attached hydrogens (tertiary/aromatic N) is 1. The lowest BCUT2D eigenvalue weighted by Gasteiger charge is -2.30. The van der Waals surface area contributed by atoms with E-state index < -0.39 is 0 Å². The van der Waals surface area contributed by atoms with E-state index in [1.54, 1.807) is 37.5 Å². The monoisotopic (exact) mass is 382 g/mol. The third-order valence-electron chi connectivity index (χ3n) is 4.67. The smallest absolute Gasteiger partial charge is 0.251 e. The fourth-order valence-electron chi connectivity index (χ4n) is 3.12. The third kappa shape index (κ3) is 5.86. The molecule has 0 saturated heterocycles. The van der Waals surface area contributed by atoms with Crippen molar-refractivity contribution in [1.82, 2.24) is 10.2 Å². The normalized spacial score (nSPS) is 11.7. The molecule has 1 atom stereocenters.